The van der Waals surface area contributed by atoms with Gasteiger partial charge in [0.15, 0.2) is 4.21 Å². The highest BCUT2D eigenvalue weighted by Gasteiger charge is 2.23. The molecule has 0 spiro atoms. The van der Waals surface area contributed by atoms with Crippen LogP contribution in [0.4, 0.5) is 5.69 Å². The molecule has 7 nitrogen and oxygen atoms in total. The summed E-state index contributed by atoms with van der Waals surface area (Å²) < 4.78 is 28.6. The van der Waals surface area contributed by atoms with Crippen LogP contribution in [0.25, 0.3) is 0 Å². The van der Waals surface area contributed by atoms with E-state index < -0.39 is 14.9 Å². The number of sulfonamides is 1. The highest BCUT2D eigenvalue weighted by Crippen LogP contribution is 2.24. The summed E-state index contributed by atoms with van der Waals surface area (Å²) in [6.45, 7) is 5.04. The lowest BCUT2D eigenvalue weighted by Gasteiger charge is -2.07. The van der Waals surface area contributed by atoms with E-state index in [9.17, 15) is 13.2 Å². The topological polar surface area (TPSA) is 96.8 Å². The second-order valence-corrected chi connectivity index (χ2v) is 7.06. The van der Waals surface area contributed by atoms with Gasteiger partial charge in [-0.2, -0.15) is 5.10 Å². The number of hydrogen-bond acceptors (Lipinski definition) is 5. The van der Waals surface area contributed by atoms with Crippen LogP contribution in [0.15, 0.2) is 9.00 Å². The van der Waals surface area contributed by atoms with Gasteiger partial charge >= 0.3 is 4.87 Å². The molecule has 0 atom stereocenters. The second kappa shape index (κ2) is 4.49. The molecule has 0 radical (unpaired) electrons. The van der Waals surface area contributed by atoms with Crippen molar-refractivity contribution in [3.05, 3.63) is 26.7 Å². The molecule has 0 fully saturated rings. The number of thiazole rings is 1. The Bertz CT molecular complexity index is 782. The van der Waals surface area contributed by atoms with Crippen molar-refractivity contribution in [3.63, 3.8) is 0 Å². The fraction of sp³-hybridized carbons (Fsp3) is 0.400. The van der Waals surface area contributed by atoms with E-state index in [1.807, 2.05) is 0 Å². The van der Waals surface area contributed by atoms with Gasteiger partial charge in [-0.25, -0.2) is 8.42 Å². The van der Waals surface area contributed by atoms with Crippen molar-refractivity contribution in [2.24, 2.45) is 7.05 Å². The van der Waals surface area contributed by atoms with Crippen molar-refractivity contribution in [3.8, 4) is 0 Å². The van der Waals surface area contributed by atoms with Gasteiger partial charge in [-0.15, -0.1) is 0 Å². The number of rotatable bonds is 3. The third-order valence-electron chi connectivity index (χ3n) is 2.77. The molecule has 2 rings (SSSR count). The highest BCUT2D eigenvalue weighted by atomic mass is 32.2. The van der Waals surface area contributed by atoms with Crippen LogP contribution in [-0.2, 0) is 17.1 Å². The molecule has 9 heteroatoms. The smallest absolute Gasteiger partial charge is 0.306 e. The molecule has 0 amide bonds. The van der Waals surface area contributed by atoms with E-state index in [-0.39, 0.29) is 4.21 Å². The zero-order chi connectivity index (χ0) is 14.4. The Labute approximate surface area is 114 Å². The van der Waals surface area contributed by atoms with Crippen LogP contribution < -0.4 is 9.60 Å². The fourth-order valence-corrected chi connectivity index (χ4v) is 4.23. The maximum absolute atomic E-state index is 12.3. The van der Waals surface area contributed by atoms with Crippen LogP contribution in [0.5, 0.6) is 0 Å². The largest absolute Gasteiger partial charge is 0.315 e. The quantitative estimate of drug-likeness (QED) is 0.880. The maximum Gasteiger partial charge on any atom is 0.306 e. The highest BCUT2D eigenvalue weighted by molar-refractivity contribution is 7.94. The number of aromatic amines is 1. The van der Waals surface area contributed by atoms with Crippen molar-refractivity contribution < 1.29 is 8.42 Å². The van der Waals surface area contributed by atoms with E-state index in [4.69, 9.17) is 0 Å². The third kappa shape index (κ3) is 2.43. The van der Waals surface area contributed by atoms with Crippen molar-refractivity contribution in [2.75, 3.05) is 4.72 Å². The molecule has 2 heterocycles. The predicted octanol–water partition coefficient (Wildman–Crippen LogP) is 0.896. The summed E-state index contributed by atoms with van der Waals surface area (Å²) in [6, 6.07) is 0. The minimum Gasteiger partial charge on any atom is -0.315 e. The lowest BCUT2D eigenvalue weighted by Crippen LogP contribution is -2.14. The number of anilines is 1. The average Bonchev–Trinajstić information content (AvgIpc) is 2.74. The summed E-state index contributed by atoms with van der Waals surface area (Å²) >= 11 is 0.670. The maximum atomic E-state index is 12.3. The van der Waals surface area contributed by atoms with E-state index in [0.717, 1.165) is 0 Å². The van der Waals surface area contributed by atoms with Crippen LogP contribution in [0, 0.1) is 20.8 Å². The van der Waals surface area contributed by atoms with Crippen LogP contribution in [-0.4, -0.2) is 23.2 Å². The molecule has 104 valence electrons. The molecule has 0 aromatic carbocycles. The molecule has 19 heavy (non-hydrogen) atoms. The van der Waals surface area contributed by atoms with Crippen LogP contribution in [0.1, 0.15) is 17.1 Å². The number of nitrogens with zero attached hydrogens (tertiary/aromatic N) is 2. The van der Waals surface area contributed by atoms with Gasteiger partial charge in [-0.3, -0.25) is 14.2 Å². The SMILES string of the molecule is Cc1nn(C)c(C)c1NS(=O)(=O)c1sc(=O)[nH]c1C. The Balaban J connectivity index is 2.48. The van der Waals surface area contributed by atoms with E-state index in [1.54, 1.807) is 32.5 Å². The van der Waals surface area contributed by atoms with Crippen molar-refractivity contribution in [1.29, 1.82) is 0 Å². The van der Waals surface area contributed by atoms with Gasteiger partial charge in [0.1, 0.15) is 0 Å². The molecule has 0 saturated carbocycles. The van der Waals surface area contributed by atoms with Gasteiger partial charge in [0, 0.05) is 12.7 Å². The van der Waals surface area contributed by atoms with E-state index in [1.165, 1.54) is 0 Å². The normalized spacial score (nSPS) is 11.8. The van der Waals surface area contributed by atoms with Crippen LogP contribution >= 0.6 is 11.3 Å². The number of H-pyrrole nitrogens is 1. The Hall–Kier alpha value is -1.61. The van der Waals surface area contributed by atoms with E-state index in [2.05, 4.69) is 14.8 Å². The summed E-state index contributed by atoms with van der Waals surface area (Å²) in [7, 11) is -2.03. The van der Waals surface area contributed by atoms with Crippen molar-refractivity contribution in [2.45, 2.75) is 25.0 Å². The van der Waals surface area contributed by atoms with Gasteiger partial charge in [-0.1, -0.05) is 11.3 Å². The van der Waals surface area contributed by atoms with Gasteiger partial charge in [-0.05, 0) is 20.8 Å². The van der Waals surface area contributed by atoms with Gasteiger partial charge in [0.25, 0.3) is 10.0 Å². The Kier molecular flexibility index (Phi) is 3.27. The summed E-state index contributed by atoms with van der Waals surface area (Å²) in [5.41, 5.74) is 2.08. The molecule has 2 N–H and O–H groups in total. The first-order valence-electron chi connectivity index (χ1n) is 5.45. The van der Waals surface area contributed by atoms with Gasteiger partial charge < -0.3 is 4.98 Å². The number of hydrogen-bond donors (Lipinski definition) is 2. The van der Waals surface area contributed by atoms with Crippen LogP contribution in [0.3, 0.4) is 0 Å². The first-order chi connectivity index (χ1) is 8.72. The molecule has 0 saturated heterocycles. The molecule has 0 aliphatic heterocycles. The predicted molar refractivity (Wildman–Crippen MR) is 73.2 cm³/mol. The van der Waals surface area contributed by atoms with Gasteiger partial charge in [0.05, 0.1) is 17.1 Å². The molecule has 0 bridgehead atoms. The zero-order valence-corrected chi connectivity index (χ0v) is 12.6. The Morgan fingerprint density at radius 1 is 1.32 bits per heavy atom. The summed E-state index contributed by atoms with van der Waals surface area (Å²) in [5.74, 6) is 0. The van der Waals surface area contributed by atoms with E-state index in [0.29, 0.717) is 34.1 Å². The summed E-state index contributed by atoms with van der Waals surface area (Å²) in [5, 5.41) is 4.14. The van der Waals surface area contributed by atoms with Crippen LogP contribution in [0.2, 0.25) is 0 Å². The van der Waals surface area contributed by atoms with E-state index >= 15 is 0 Å². The summed E-state index contributed by atoms with van der Waals surface area (Å²) in [4.78, 5) is 13.3. The third-order valence-corrected chi connectivity index (χ3v) is 5.73. The molecule has 2 aromatic heterocycles. The monoisotopic (exact) mass is 302 g/mol. The average molecular weight is 302 g/mol. The minimum atomic E-state index is -3.77. The molecule has 2 aromatic rings. The lowest BCUT2D eigenvalue weighted by molar-refractivity contribution is 0.602. The van der Waals surface area contributed by atoms with Crippen molar-refractivity contribution >= 4 is 27.0 Å². The summed E-state index contributed by atoms with van der Waals surface area (Å²) in [6.07, 6.45) is 0. The Morgan fingerprint density at radius 3 is 2.37 bits per heavy atom. The number of aromatic nitrogens is 3. The number of nitrogens with one attached hydrogen (secondary N) is 2. The standard InChI is InChI=1S/C10H14N4O3S2/c1-5-8(7(3)14(4)12-5)13-19(16,17)9-6(2)11-10(15)18-9/h13H,1-4H3,(H,11,15). The minimum absolute atomic E-state index is 0.000142. The van der Waals surface area contributed by atoms with Crippen molar-refractivity contribution in [1.82, 2.24) is 14.8 Å². The molecular weight excluding hydrogens is 288 g/mol. The molecule has 0 unspecified atom stereocenters. The molecular formula is C10H14N4O3S2. The zero-order valence-electron chi connectivity index (χ0n) is 10.9. The Morgan fingerprint density at radius 2 is 1.95 bits per heavy atom. The number of aryl methyl sites for hydroxylation is 3. The first-order valence-corrected chi connectivity index (χ1v) is 7.75. The molecule has 0 aliphatic carbocycles. The molecule has 0 aliphatic rings. The fourth-order valence-electron chi connectivity index (χ4n) is 1.75. The lowest BCUT2D eigenvalue weighted by atomic mass is 10.3. The first kappa shape index (κ1) is 13.8. The second-order valence-electron chi connectivity index (χ2n) is 4.20. The van der Waals surface area contributed by atoms with Gasteiger partial charge in [0.2, 0.25) is 0 Å².